The second kappa shape index (κ2) is 5.32. The van der Waals surface area contributed by atoms with Crippen molar-refractivity contribution in [3.63, 3.8) is 0 Å². The molecular weight excluding hydrogens is 250 g/mol. The van der Waals surface area contributed by atoms with Crippen LogP contribution in [0.3, 0.4) is 0 Å². The van der Waals surface area contributed by atoms with Crippen LogP contribution in [0.25, 0.3) is 0 Å². The van der Waals surface area contributed by atoms with Gasteiger partial charge in [0.1, 0.15) is 21.9 Å². The van der Waals surface area contributed by atoms with E-state index in [-0.39, 0.29) is 6.54 Å². The van der Waals surface area contributed by atoms with Gasteiger partial charge in [-0.05, 0) is 12.1 Å². The molecule has 1 heterocycles. The van der Waals surface area contributed by atoms with Gasteiger partial charge in [-0.25, -0.2) is 12.9 Å². The maximum absolute atomic E-state index is 12.9. The summed E-state index contributed by atoms with van der Waals surface area (Å²) in [5.74, 6) is 0. The molecule has 2 aromatic rings. The van der Waals surface area contributed by atoms with Crippen LogP contribution >= 0.6 is 0 Å². The van der Waals surface area contributed by atoms with E-state index in [2.05, 4.69) is 9.52 Å². The van der Waals surface area contributed by atoms with E-state index in [0.717, 1.165) is 0 Å². The Morgan fingerprint density at radius 3 is 2.56 bits per heavy atom. The van der Waals surface area contributed by atoms with Crippen LogP contribution in [0.5, 0.6) is 0 Å². The van der Waals surface area contributed by atoms with E-state index in [1.165, 1.54) is 6.26 Å². The summed E-state index contributed by atoms with van der Waals surface area (Å²) in [5, 5.41) is 3.76. The Labute approximate surface area is 107 Å². The van der Waals surface area contributed by atoms with E-state index in [1.807, 2.05) is 30.3 Å². The summed E-state index contributed by atoms with van der Waals surface area (Å²) in [7, 11) is 0.919. The van der Waals surface area contributed by atoms with E-state index < -0.39 is 9.92 Å². The topological polar surface area (TPSA) is 58.7 Å². The number of benzene rings is 1. The maximum atomic E-state index is 12.9. The van der Waals surface area contributed by atoms with Crippen molar-refractivity contribution in [2.24, 2.45) is 4.36 Å². The summed E-state index contributed by atoms with van der Waals surface area (Å²) >= 11 is 0. The van der Waals surface area contributed by atoms with Crippen LogP contribution in [-0.2, 0) is 16.5 Å². The molecule has 96 valence electrons. The Bertz CT molecular complexity index is 600. The fraction of sp³-hybridized carbons (Fsp3) is 0.250. The highest BCUT2D eigenvalue weighted by atomic mass is 32.2. The third-order valence-electron chi connectivity index (χ3n) is 2.44. The van der Waals surface area contributed by atoms with E-state index in [1.54, 1.807) is 24.5 Å². The van der Waals surface area contributed by atoms with Gasteiger partial charge in [0, 0.05) is 20.2 Å². The summed E-state index contributed by atoms with van der Waals surface area (Å²) in [6.45, 7) is 0.266. The van der Waals surface area contributed by atoms with Crippen molar-refractivity contribution in [1.82, 2.24) is 9.46 Å². The van der Waals surface area contributed by atoms with E-state index in [9.17, 15) is 4.21 Å². The first kappa shape index (κ1) is 12.8. The minimum absolute atomic E-state index is 0.266. The zero-order chi connectivity index (χ0) is 13.0. The Morgan fingerprint density at radius 2 is 2.00 bits per heavy atom. The maximum Gasteiger partial charge on any atom is 0.139 e. The highest BCUT2D eigenvalue weighted by Crippen LogP contribution is 2.16. The summed E-state index contributed by atoms with van der Waals surface area (Å²) in [6.07, 6.45) is 1.48. The predicted octanol–water partition coefficient (Wildman–Crippen LogP) is 2.18. The summed E-state index contributed by atoms with van der Waals surface area (Å²) < 4.78 is 23.5. The lowest BCUT2D eigenvalue weighted by molar-refractivity contribution is 0.412. The van der Waals surface area contributed by atoms with Crippen LogP contribution in [-0.4, -0.2) is 27.8 Å². The lowest BCUT2D eigenvalue weighted by Crippen LogP contribution is -2.22. The molecule has 5 nitrogen and oxygen atoms in total. The van der Waals surface area contributed by atoms with Gasteiger partial charge in [-0.3, -0.25) is 0 Å². The Hall–Kier alpha value is -1.66. The van der Waals surface area contributed by atoms with E-state index in [4.69, 9.17) is 4.52 Å². The molecule has 0 aliphatic rings. The number of hydrogen-bond acceptors (Lipinski definition) is 4. The molecule has 0 aliphatic heterocycles. The molecule has 0 N–H and O–H groups in total. The molecule has 2 rings (SSSR count). The predicted molar refractivity (Wildman–Crippen MR) is 69.2 cm³/mol. The summed E-state index contributed by atoms with van der Waals surface area (Å²) in [6, 6.07) is 10.9. The fourth-order valence-corrected chi connectivity index (χ4v) is 3.09. The number of nitrogens with zero attached hydrogens (tertiary/aromatic N) is 3. The molecule has 1 atom stereocenters. The lowest BCUT2D eigenvalue weighted by Gasteiger charge is -2.17. The Balaban J connectivity index is 2.39. The second-order valence-corrected chi connectivity index (χ2v) is 6.35. The molecule has 0 bridgehead atoms. The second-order valence-electron chi connectivity index (χ2n) is 3.90. The minimum atomic E-state index is -2.58. The van der Waals surface area contributed by atoms with Crippen molar-refractivity contribution in [1.29, 1.82) is 0 Å². The summed E-state index contributed by atoms with van der Waals surface area (Å²) in [4.78, 5) is 0.693. The minimum Gasteiger partial charge on any atom is -0.364 e. The largest absolute Gasteiger partial charge is 0.364 e. The quantitative estimate of drug-likeness (QED) is 0.851. The van der Waals surface area contributed by atoms with Gasteiger partial charge in [0.15, 0.2) is 0 Å². The number of hydrogen-bond donors (Lipinski definition) is 0. The standard InChI is InChI=1S/C12H15N3O2S/c1-15(2)18(16,12-6-4-3-5-7-12)13-10-11-8-9-17-14-11/h3-9H,10H2,1-2H3/t18-/m1/s1. The van der Waals surface area contributed by atoms with Crippen LogP contribution in [0.4, 0.5) is 0 Å². The van der Waals surface area contributed by atoms with Crippen molar-refractivity contribution >= 4 is 9.92 Å². The van der Waals surface area contributed by atoms with Gasteiger partial charge in [-0.2, -0.15) is 0 Å². The van der Waals surface area contributed by atoms with Crippen LogP contribution < -0.4 is 0 Å². The van der Waals surface area contributed by atoms with Crippen molar-refractivity contribution in [2.75, 3.05) is 14.1 Å². The van der Waals surface area contributed by atoms with Gasteiger partial charge in [0.2, 0.25) is 0 Å². The van der Waals surface area contributed by atoms with Gasteiger partial charge in [0.25, 0.3) is 0 Å². The molecule has 0 saturated carbocycles. The third kappa shape index (κ3) is 2.60. The molecule has 18 heavy (non-hydrogen) atoms. The first-order valence-electron chi connectivity index (χ1n) is 5.47. The molecule has 0 spiro atoms. The zero-order valence-electron chi connectivity index (χ0n) is 10.3. The van der Waals surface area contributed by atoms with Gasteiger partial charge < -0.3 is 4.52 Å². The molecular formula is C12H15N3O2S. The third-order valence-corrected chi connectivity index (χ3v) is 4.79. The van der Waals surface area contributed by atoms with Crippen molar-refractivity contribution in [2.45, 2.75) is 11.4 Å². The van der Waals surface area contributed by atoms with Crippen LogP contribution in [0, 0.1) is 0 Å². The average molecular weight is 265 g/mol. The van der Waals surface area contributed by atoms with Crippen LogP contribution in [0.15, 0.2) is 56.4 Å². The first-order chi connectivity index (χ1) is 8.63. The highest BCUT2D eigenvalue weighted by molar-refractivity contribution is 7.91. The van der Waals surface area contributed by atoms with Gasteiger partial charge in [-0.1, -0.05) is 23.4 Å². The Morgan fingerprint density at radius 1 is 1.28 bits per heavy atom. The number of aromatic nitrogens is 1. The lowest BCUT2D eigenvalue weighted by atomic mass is 10.4. The van der Waals surface area contributed by atoms with Crippen molar-refractivity contribution < 1.29 is 8.73 Å². The molecule has 1 aromatic heterocycles. The first-order valence-corrected chi connectivity index (χ1v) is 6.95. The molecule has 0 radical (unpaired) electrons. The van der Waals surface area contributed by atoms with Gasteiger partial charge >= 0.3 is 0 Å². The average Bonchev–Trinajstić information content (AvgIpc) is 2.90. The van der Waals surface area contributed by atoms with E-state index in [0.29, 0.717) is 10.6 Å². The van der Waals surface area contributed by atoms with Gasteiger partial charge in [0.05, 0.1) is 11.4 Å². The molecule has 0 unspecified atom stereocenters. The van der Waals surface area contributed by atoms with Crippen molar-refractivity contribution in [3.05, 3.63) is 48.4 Å². The normalized spacial score (nSPS) is 14.4. The van der Waals surface area contributed by atoms with Gasteiger partial charge in [-0.15, -0.1) is 0 Å². The molecule has 1 aromatic carbocycles. The highest BCUT2D eigenvalue weighted by Gasteiger charge is 2.15. The zero-order valence-corrected chi connectivity index (χ0v) is 11.1. The molecule has 0 amide bonds. The SMILES string of the molecule is CN(C)[S@](=O)(=NCc1ccon1)c1ccccc1. The molecule has 0 aliphatic carbocycles. The smallest absolute Gasteiger partial charge is 0.139 e. The molecule has 0 saturated heterocycles. The van der Waals surface area contributed by atoms with Crippen molar-refractivity contribution in [3.8, 4) is 0 Å². The van der Waals surface area contributed by atoms with E-state index >= 15 is 0 Å². The Kier molecular flexibility index (Phi) is 3.78. The van der Waals surface area contributed by atoms with Crippen LogP contribution in [0.2, 0.25) is 0 Å². The monoisotopic (exact) mass is 265 g/mol. The number of rotatable bonds is 4. The molecule has 0 fully saturated rings. The van der Waals surface area contributed by atoms with Crippen LogP contribution in [0.1, 0.15) is 5.69 Å². The fourth-order valence-electron chi connectivity index (χ4n) is 1.47. The summed E-state index contributed by atoms with van der Waals surface area (Å²) in [5.41, 5.74) is 0.667. The molecule has 6 heteroatoms.